The Morgan fingerprint density at radius 3 is 2.35 bits per heavy atom. The van der Waals surface area contributed by atoms with Crippen molar-refractivity contribution in [2.75, 3.05) is 0 Å². The highest BCUT2D eigenvalue weighted by Crippen LogP contribution is 2.35. The van der Waals surface area contributed by atoms with Crippen LogP contribution in [0, 0.1) is 5.82 Å². The summed E-state index contributed by atoms with van der Waals surface area (Å²) in [5.74, 6) is -2.33. The number of ether oxygens (including phenoxy) is 2. The molecule has 106 valence electrons. The standard InChI is InChI=1S/C12H6ClF4NO2/c13-7-5-8(14)11(18-6-7)19-9-3-1-2-4-10(9)20-12(15,16)17/h1-6H. The molecular formula is C12H6ClF4NO2. The number of benzene rings is 1. The van der Waals surface area contributed by atoms with Crippen molar-refractivity contribution in [3.63, 3.8) is 0 Å². The van der Waals surface area contributed by atoms with Crippen LogP contribution in [0.1, 0.15) is 0 Å². The fourth-order valence-corrected chi connectivity index (χ4v) is 1.47. The van der Waals surface area contributed by atoms with Gasteiger partial charge in [-0.25, -0.2) is 9.37 Å². The molecule has 20 heavy (non-hydrogen) atoms. The maximum atomic E-state index is 13.5. The summed E-state index contributed by atoms with van der Waals surface area (Å²) in [5.41, 5.74) is 0. The topological polar surface area (TPSA) is 31.4 Å². The highest BCUT2D eigenvalue weighted by molar-refractivity contribution is 6.30. The minimum atomic E-state index is -4.88. The van der Waals surface area contributed by atoms with Crippen LogP contribution in [0.2, 0.25) is 5.02 Å². The highest BCUT2D eigenvalue weighted by Gasteiger charge is 2.32. The first-order valence-corrected chi connectivity index (χ1v) is 5.56. The molecule has 1 heterocycles. The van der Waals surface area contributed by atoms with Gasteiger partial charge in [0.15, 0.2) is 17.3 Å². The molecule has 1 aromatic carbocycles. The maximum absolute atomic E-state index is 13.5. The van der Waals surface area contributed by atoms with E-state index in [0.717, 1.165) is 18.3 Å². The molecule has 0 saturated heterocycles. The summed E-state index contributed by atoms with van der Waals surface area (Å²) in [6.07, 6.45) is -3.78. The van der Waals surface area contributed by atoms with Gasteiger partial charge in [-0.05, 0) is 18.2 Å². The van der Waals surface area contributed by atoms with Gasteiger partial charge in [0.2, 0.25) is 0 Å². The van der Waals surface area contributed by atoms with E-state index in [1.807, 2.05) is 0 Å². The molecule has 0 spiro atoms. The van der Waals surface area contributed by atoms with Crippen LogP contribution in [-0.2, 0) is 0 Å². The second-order valence-electron chi connectivity index (χ2n) is 3.54. The summed E-state index contributed by atoms with van der Waals surface area (Å²) in [7, 11) is 0. The van der Waals surface area contributed by atoms with E-state index in [0.29, 0.717) is 0 Å². The van der Waals surface area contributed by atoms with Crippen molar-refractivity contribution in [2.24, 2.45) is 0 Å². The Bertz CT molecular complexity index is 619. The Labute approximate surface area is 115 Å². The van der Waals surface area contributed by atoms with Crippen LogP contribution in [-0.4, -0.2) is 11.3 Å². The van der Waals surface area contributed by atoms with E-state index >= 15 is 0 Å². The largest absolute Gasteiger partial charge is 0.573 e. The molecule has 0 atom stereocenters. The lowest BCUT2D eigenvalue weighted by molar-refractivity contribution is -0.275. The molecule has 0 N–H and O–H groups in total. The summed E-state index contributed by atoms with van der Waals surface area (Å²) >= 11 is 5.51. The van der Waals surface area contributed by atoms with Crippen LogP contribution in [0.3, 0.4) is 0 Å². The van der Waals surface area contributed by atoms with E-state index in [9.17, 15) is 17.6 Å². The van der Waals surface area contributed by atoms with Crippen molar-refractivity contribution in [1.29, 1.82) is 0 Å². The predicted molar refractivity (Wildman–Crippen MR) is 62.4 cm³/mol. The summed E-state index contributed by atoms with van der Waals surface area (Å²) in [6.45, 7) is 0. The SMILES string of the molecule is Fc1cc(Cl)cnc1Oc1ccccc1OC(F)(F)F. The van der Waals surface area contributed by atoms with Crippen LogP contribution >= 0.6 is 11.6 Å². The number of para-hydroxylation sites is 2. The zero-order valence-corrected chi connectivity index (χ0v) is 10.4. The third-order valence-electron chi connectivity index (χ3n) is 2.06. The molecule has 0 fully saturated rings. The summed E-state index contributed by atoms with van der Waals surface area (Å²) in [6, 6.07) is 5.89. The lowest BCUT2D eigenvalue weighted by Crippen LogP contribution is -2.17. The molecule has 0 aliphatic heterocycles. The zero-order valence-electron chi connectivity index (χ0n) is 9.62. The van der Waals surface area contributed by atoms with E-state index in [2.05, 4.69) is 9.72 Å². The Morgan fingerprint density at radius 2 is 1.75 bits per heavy atom. The van der Waals surface area contributed by atoms with Gasteiger partial charge in [0, 0.05) is 6.20 Å². The molecule has 0 aliphatic carbocycles. The van der Waals surface area contributed by atoms with Crippen molar-refractivity contribution >= 4 is 11.6 Å². The number of rotatable bonds is 3. The Hall–Kier alpha value is -2.02. The van der Waals surface area contributed by atoms with E-state index in [4.69, 9.17) is 16.3 Å². The van der Waals surface area contributed by atoms with Gasteiger partial charge in [0.05, 0.1) is 5.02 Å². The quantitative estimate of drug-likeness (QED) is 0.779. The van der Waals surface area contributed by atoms with Crippen LogP contribution in [0.5, 0.6) is 17.4 Å². The smallest absolute Gasteiger partial charge is 0.432 e. The normalized spacial score (nSPS) is 11.2. The number of hydrogen-bond acceptors (Lipinski definition) is 3. The predicted octanol–water partition coefficient (Wildman–Crippen LogP) is 4.57. The van der Waals surface area contributed by atoms with Gasteiger partial charge in [0.1, 0.15) is 0 Å². The maximum Gasteiger partial charge on any atom is 0.573 e. The van der Waals surface area contributed by atoms with Crippen molar-refractivity contribution in [1.82, 2.24) is 4.98 Å². The van der Waals surface area contributed by atoms with Gasteiger partial charge in [-0.15, -0.1) is 13.2 Å². The molecular weight excluding hydrogens is 302 g/mol. The lowest BCUT2D eigenvalue weighted by Gasteiger charge is -2.13. The molecule has 3 nitrogen and oxygen atoms in total. The second-order valence-corrected chi connectivity index (χ2v) is 3.97. The fourth-order valence-electron chi connectivity index (χ4n) is 1.32. The minimum Gasteiger partial charge on any atom is -0.432 e. The van der Waals surface area contributed by atoms with Crippen LogP contribution in [0.4, 0.5) is 17.6 Å². The van der Waals surface area contributed by atoms with Crippen LogP contribution < -0.4 is 9.47 Å². The Balaban J connectivity index is 2.29. The van der Waals surface area contributed by atoms with Crippen molar-refractivity contribution in [3.05, 3.63) is 47.4 Å². The molecule has 0 unspecified atom stereocenters. The molecule has 2 rings (SSSR count). The van der Waals surface area contributed by atoms with E-state index in [1.54, 1.807) is 0 Å². The average Bonchev–Trinajstić information content (AvgIpc) is 2.33. The second kappa shape index (κ2) is 5.54. The number of aromatic nitrogens is 1. The monoisotopic (exact) mass is 307 g/mol. The molecule has 0 bridgehead atoms. The molecule has 0 aliphatic rings. The van der Waals surface area contributed by atoms with Crippen LogP contribution in [0.25, 0.3) is 0 Å². The third-order valence-corrected chi connectivity index (χ3v) is 2.26. The van der Waals surface area contributed by atoms with Crippen molar-refractivity contribution in [3.8, 4) is 17.4 Å². The first kappa shape index (κ1) is 14.4. The van der Waals surface area contributed by atoms with E-state index in [-0.39, 0.29) is 10.8 Å². The fraction of sp³-hybridized carbons (Fsp3) is 0.0833. The molecule has 8 heteroatoms. The first-order chi connectivity index (χ1) is 9.35. The number of alkyl halides is 3. The van der Waals surface area contributed by atoms with Crippen LogP contribution in [0.15, 0.2) is 36.5 Å². The number of hydrogen-bond donors (Lipinski definition) is 0. The summed E-state index contributed by atoms with van der Waals surface area (Å²) < 4.78 is 58.8. The summed E-state index contributed by atoms with van der Waals surface area (Å²) in [4.78, 5) is 3.54. The van der Waals surface area contributed by atoms with Gasteiger partial charge in [0.25, 0.3) is 5.88 Å². The van der Waals surface area contributed by atoms with Crippen molar-refractivity contribution < 1.29 is 27.0 Å². The lowest BCUT2D eigenvalue weighted by atomic mass is 10.3. The third kappa shape index (κ3) is 3.74. The van der Waals surface area contributed by atoms with Gasteiger partial charge < -0.3 is 9.47 Å². The van der Waals surface area contributed by atoms with Crippen molar-refractivity contribution in [2.45, 2.75) is 6.36 Å². The zero-order chi connectivity index (χ0) is 14.8. The number of halogens is 5. The van der Waals surface area contributed by atoms with E-state index < -0.39 is 23.8 Å². The molecule has 1 aromatic heterocycles. The van der Waals surface area contributed by atoms with Gasteiger partial charge >= 0.3 is 6.36 Å². The highest BCUT2D eigenvalue weighted by atomic mass is 35.5. The van der Waals surface area contributed by atoms with Gasteiger partial charge in [-0.2, -0.15) is 0 Å². The van der Waals surface area contributed by atoms with Gasteiger partial charge in [-0.1, -0.05) is 23.7 Å². The number of pyridine rings is 1. The molecule has 0 radical (unpaired) electrons. The summed E-state index contributed by atoms with van der Waals surface area (Å²) in [5, 5.41) is 0.0367. The minimum absolute atomic E-state index is 0.0367. The first-order valence-electron chi connectivity index (χ1n) is 5.19. The Kier molecular flexibility index (Phi) is 3.99. The average molecular weight is 308 g/mol. The molecule has 0 amide bonds. The van der Waals surface area contributed by atoms with E-state index in [1.165, 1.54) is 18.2 Å². The van der Waals surface area contributed by atoms with Gasteiger partial charge in [-0.3, -0.25) is 0 Å². The Morgan fingerprint density at radius 1 is 1.10 bits per heavy atom. The molecule has 0 saturated carbocycles. The molecule has 2 aromatic rings. The number of nitrogens with zero attached hydrogens (tertiary/aromatic N) is 1.